The first kappa shape index (κ1) is 47.7. The van der Waals surface area contributed by atoms with Crippen molar-refractivity contribution in [3.8, 4) is 0 Å². The molecule has 0 amide bonds. The van der Waals surface area contributed by atoms with E-state index in [1.165, 1.54) is 21.2 Å². The average molecular weight is 1060 g/mol. The van der Waals surface area contributed by atoms with Crippen LogP contribution in [0.5, 0.6) is 0 Å². The summed E-state index contributed by atoms with van der Waals surface area (Å²) in [5.41, 5.74) is 0. The number of hydrogen-bond donors (Lipinski definition) is 0. The van der Waals surface area contributed by atoms with Crippen molar-refractivity contribution in [1.82, 2.24) is 9.13 Å². The number of aromatic nitrogens is 4. The van der Waals surface area contributed by atoms with E-state index in [0.717, 1.165) is 13.1 Å². The Morgan fingerprint density at radius 3 is 1.02 bits per heavy atom. The Morgan fingerprint density at radius 1 is 0.547 bits per heavy atom. The molecule has 4 aromatic carbocycles. The van der Waals surface area contributed by atoms with E-state index in [0.29, 0.717) is 11.8 Å². The molecular weight excluding hydrogens is 1010 g/mol. The van der Waals surface area contributed by atoms with Crippen LogP contribution in [0.3, 0.4) is 0 Å². The summed E-state index contributed by atoms with van der Waals surface area (Å²) in [5.74, 6) is 0.917. The average Bonchev–Trinajstić information content (AvgIpc) is 3.79. The van der Waals surface area contributed by atoms with Crippen molar-refractivity contribution in [1.29, 1.82) is 0 Å². The van der Waals surface area contributed by atoms with Crippen molar-refractivity contribution >= 4 is 79.6 Å². The van der Waals surface area contributed by atoms with Gasteiger partial charge in [0.1, 0.15) is 50.1 Å². The van der Waals surface area contributed by atoms with Crippen LogP contribution in [0.2, 0.25) is 0 Å². The van der Waals surface area contributed by atoms with Crippen LogP contribution in [0.4, 0.5) is 0 Å². The first-order chi connectivity index (χ1) is 24.9. The summed E-state index contributed by atoms with van der Waals surface area (Å²) in [6, 6.07) is 41.5. The van der Waals surface area contributed by atoms with E-state index in [4.69, 9.17) is 51.1 Å². The van der Waals surface area contributed by atoms with E-state index in [-0.39, 0.29) is 37.0 Å². The third-order valence-corrected chi connectivity index (χ3v) is 12.1. The predicted octanol–water partition coefficient (Wildman–Crippen LogP) is 1.35. The van der Waals surface area contributed by atoms with Gasteiger partial charge in [-0.15, -0.1) is 23.2 Å². The van der Waals surface area contributed by atoms with Crippen LogP contribution < -0.4 is 55.2 Å². The maximum absolute atomic E-state index is 6.49. The molecule has 0 radical (unpaired) electrons. The third kappa shape index (κ3) is 16.6. The molecule has 0 aliphatic carbocycles. The van der Waals surface area contributed by atoms with Crippen molar-refractivity contribution in [2.24, 2.45) is 14.1 Å². The van der Waals surface area contributed by atoms with E-state index in [1.54, 1.807) is 0 Å². The van der Waals surface area contributed by atoms with Gasteiger partial charge in [-0.3, -0.25) is 0 Å². The van der Waals surface area contributed by atoms with Crippen LogP contribution in [0, 0.1) is 0 Å². The Kier molecular flexibility index (Phi) is 24.4. The summed E-state index contributed by atoms with van der Waals surface area (Å²) < 4.78 is 21.2. The van der Waals surface area contributed by atoms with Crippen molar-refractivity contribution in [2.75, 3.05) is 11.8 Å². The van der Waals surface area contributed by atoms with E-state index >= 15 is 0 Å². The molecule has 288 valence electrons. The zero-order chi connectivity index (χ0) is 36.3. The fourth-order valence-corrected chi connectivity index (χ4v) is 9.23. The number of aryl methyl sites for hydroxylation is 2. The van der Waals surface area contributed by atoms with Gasteiger partial charge in [-0.1, -0.05) is 121 Å². The first-order valence-electron chi connectivity index (χ1n) is 16.0. The molecule has 0 saturated heterocycles. The number of hydrogen-bond acceptors (Lipinski definition) is 2. The molecule has 6 rings (SSSR count). The first-order valence-corrected chi connectivity index (χ1v) is 25.3. The van der Waals surface area contributed by atoms with Crippen molar-refractivity contribution in [2.45, 2.75) is 25.3 Å². The van der Waals surface area contributed by atoms with Gasteiger partial charge in [-0.2, -0.15) is 0 Å². The Morgan fingerprint density at radius 2 is 0.811 bits per heavy atom. The van der Waals surface area contributed by atoms with Gasteiger partial charge in [-0.25, -0.2) is 18.3 Å². The van der Waals surface area contributed by atoms with Crippen LogP contribution in [-0.2, 0) is 52.7 Å². The molecule has 0 bridgehead atoms. The summed E-state index contributed by atoms with van der Waals surface area (Å²) in [7, 11) is 12.0. The van der Waals surface area contributed by atoms with Crippen molar-refractivity contribution in [3.05, 3.63) is 159 Å². The third-order valence-electron chi connectivity index (χ3n) is 7.29. The van der Waals surface area contributed by atoms with Gasteiger partial charge in [0.15, 0.2) is 0 Å². The van der Waals surface area contributed by atoms with Gasteiger partial charge >= 0.3 is 35.3 Å². The second kappa shape index (κ2) is 27.2. The van der Waals surface area contributed by atoms with Gasteiger partial charge in [0.2, 0.25) is 12.7 Å². The number of halogens is 6. The molecule has 15 heteroatoms. The minimum absolute atomic E-state index is 0. The number of alkyl halides is 2. The van der Waals surface area contributed by atoms with Crippen molar-refractivity contribution < 1.29 is 59.5 Å². The fourth-order valence-electron chi connectivity index (χ4n) is 5.00. The number of imidazole rings is 2. The summed E-state index contributed by atoms with van der Waals surface area (Å²) in [6.07, 6.45) is 12.1. The molecule has 6 aromatic rings. The molecule has 2 unspecified atom stereocenters. The molecule has 0 fully saturated rings. The van der Waals surface area contributed by atoms with Crippen LogP contribution >= 0.6 is 58.3 Å². The van der Waals surface area contributed by atoms with E-state index < -0.39 is 32.8 Å². The second-order valence-electron chi connectivity index (χ2n) is 11.3. The normalized spacial score (nSPS) is 11.7. The molecule has 2 aromatic heterocycles. The Labute approximate surface area is 355 Å². The second-order valence-corrected chi connectivity index (χ2v) is 18.9. The van der Waals surface area contributed by atoms with E-state index in [1.807, 2.05) is 84.9 Å². The predicted molar refractivity (Wildman–Crippen MR) is 212 cm³/mol. The monoisotopic (exact) mass is 1050 g/mol. The van der Waals surface area contributed by atoms with Crippen LogP contribution in [0.15, 0.2) is 159 Å². The van der Waals surface area contributed by atoms with E-state index in [9.17, 15) is 0 Å². The Balaban J connectivity index is 0.000000330. The van der Waals surface area contributed by atoms with Crippen LogP contribution in [-0.4, -0.2) is 33.1 Å². The number of rotatable bonds is 14. The molecule has 0 saturated carbocycles. The van der Waals surface area contributed by atoms with Gasteiger partial charge in [0.05, 0.1) is 42.2 Å². The maximum atomic E-state index is 6.49. The summed E-state index contributed by atoms with van der Waals surface area (Å²) in [6.45, 7) is 1.48. The SMILES string of the molecule is C[n+]1ccn(CC(CCl)OP(c2ccccc2)c2ccccc2)c1.C[n+]1ccn(CC(CCl)OP(c2ccccc2)c2ccccc2)c1.[Cl-].[Cl-].[Cl][Pt][Cl]. The molecule has 0 N–H and O–H groups in total. The standard InChI is InChI=1S/2C19H21ClN2OP.4ClH.Pt/c2*1-21-12-13-22(16-21)15-17(14-20)23-24(18-8-4-2-5-9-18)19-10-6-3-7-11-19;;;;;/h2*2-13,16-17H,14-15H2,1H3;4*1H;/q2*+1;;;;;+2/p-4. The Bertz CT molecular complexity index is 1590. The fraction of sp³-hybridized carbons (Fsp3) is 0.211. The Hall–Kier alpha value is -1.49. The number of benzene rings is 4. The van der Waals surface area contributed by atoms with Gasteiger partial charge in [0, 0.05) is 21.2 Å². The van der Waals surface area contributed by atoms with Crippen LogP contribution in [0.1, 0.15) is 0 Å². The number of nitrogens with zero attached hydrogens (tertiary/aromatic N) is 4. The minimum atomic E-state index is -0.890. The molecule has 0 spiro atoms. The van der Waals surface area contributed by atoms with Crippen LogP contribution in [0.25, 0.3) is 0 Å². The molecule has 53 heavy (non-hydrogen) atoms. The molecule has 2 heterocycles. The molecule has 0 aliphatic rings. The quantitative estimate of drug-likeness (QED) is 0.0941. The molecular formula is C38H42Cl6N4O2P2Pt. The van der Waals surface area contributed by atoms with Crippen molar-refractivity contribution in [3.63, 3.8) is 0 Å². The summed E-state index contributed by atoms with van der Waals surface area (Å²) in [5, 5.41) is 4.80. The molecule has 2 atom stereocenters. The summed E-state index contributed by atoms with van der Waals surface area (Å²) >= 11 is 11.9. The van der Waals surface area contributed by atoms with E-state index in [2.05, 4.69) is 106 Å². The van der Waals surface area contributed by atoms with Gasteiger partial charge in [0.25, 0.3) is 0 Å². The topological polar surface area (TPSA) is 36.1 Å². The summed E-state index contributed by atoms with van der Waals surface area (Å²) in [4.78, 5) is 0. The molecule has 0 aliphatic heterocycles. The zero-order valence-electron chi connectivity index (χ0n) is 29.1. The molecule has 6 nitrogen and oxygen atoms in total. The van der Waals surface area contributed by atoms with Gasteiger partial charge in [-0.05, 0) is 0 Å². The zero-order valence-corrected chi connectivity index (χ0v) is 37.7. The van der Waals surface area contributed by atoms with Gasteiger partial charge < -0.3 is 33.9 Å².